The standard InChI is InChI=1S/C36H44N6O5S2/c1-49(46,47)40-31-22-27(9-12-32(31)43)33(44)23-37-28-15-19-42(20-16-28)30-10-7-25(8-11-30)21-34-35(45)39-36(48-34)38-29-13-17-41(18-14-29)24-26-5-3-2-4-6-26/h2-12,21-22,28-29,33,37,40,43-44H,13-20,23-24H2,1H3,(H,38,39,45)/b34-21+. The van der Waals surface area contributed by atoms with Crippen LogP contribution in [0.5, 0.6) is 5.75 Å². The van der Waals surface area contributed by atoms with Crippen molar-refractivity contribution < 1.29 is 23.4 Å². The van der Waals surface area contributed by atoms with Crippen LogP contribution in [0.25, 0.3) is 6.08 Å². The highest BCUT2D eigenvalue weighted by Gasteiger charge is 2.26. The van der Waals surface area contributed by atoms with E-state index in [0.717, 1.165) is 75.9 Å². The summed E-state index contributed by atoms with van der Waals surface area (Å²) in [4.78, 5) is 22.4. The van der Waals surface area contributed by atoms with E-state index in [2.05, 4.69) is 66.5 Å². The third-order valence-electron chi connectivity index (χ3n) is 9.14. The lowest BCUT2D eigenvalue weighted by atomic mass is 10.0. The summed E-state index contributed by atoms with van der Waals surface area (Å²) in [7, 11) is -3.56. The fourth-order valence-electron chi connectivity index (χ4n) is 6.44. The predicted molar refractivity (Wildman–Crippen MR) is 197 cm³/mol. The summed E-state index contributed by atoms with van der Waals surface area (Å²) in [5, 5.41) is 28.3. The quantitative estimate of drug-likeness (QED) is 0.145. The van der Waals surface area contributed by atoms with Crippen molar-refractivity contribution in [3.63, 3.8) is 0 Å². The fourth-order valence-corrected chi connectivity index (χ4v) is 7.89. The minimum atomic E-state index is -3.56. The molecule has 0 spiro atoms. The number of piperidine rings is 2. The summed E-state index contributed by atoms with van der Waals surface area (Å²) in [6, 6.07) is 23.8. The first-order valence-electron chi connectivity index (χ1n) is 16.7. The molecular weight excluding hydrogens is 661 g/mol. The van der Waals surface area contributed by atoms with E-state index < -0.39 is 16.1 Å². The van der Waals surface area contributed by atoms with Crippen molar-refractivity contribution >= 4 is 50.3 Å². The molecule has 2 fully saturated rings. The number of phenols is 1. The molecule has 5 N–H and O–H groups in total. The van der Waals surface area contributed by atoms with Crippen molar-refractivity contribution in [1.29, 1.82) is 0 Å². The van der Waals surface area contributed by atoms with Gasteiger partial charge < -0.3 is 25.7 Å². The molecule has 3 aliphatic heterocycles. The molecule has 1 amide bonds. The second-order valence-corrected chi connectivity index (χ2v) is 15.7. The topological polar surface area (TPSA) is 147 Å². The van der Waals surface area contributed by atoms with Crippen LogP contribution in [0.4, 0.5) is 11.4 Å². The molecule has 3 aliphatic rings. The second-order valence-electron chi connectivity index (χ2n) is 12.9. The SMILES string of the molecule is CS(=O)(=O)Nc1cc(C(O)CNC2CCN(c3ccc(/C=C4/SC(NC5CCN(Cc6ccccc6)CC5)=NC4=O)cc3)CC2)ccc1O. The van der Waals surface area contributed by atoms with Gasteiger partial charge in [0.15, 0.2) is 5.17 Å². The highest BCUT2D eigenvalue weighted by atomic mass is 32.2. The van der Waals surface area contributed by atoms with Crippen molar-refractivity contribution in [2.75, 3.05) is 48.6 Å². The summed E-state index contributed by atoms with van der Waals surface area (Å²) < 4.78 is 25.4. The van der Waals surface area contributed by atoms with Crippen molar-refractivity contribution in [3.8, 4) is 5.75 Å². The number of anilines is 2. The Morgan fingerprint density at radius 2 is 1.65 bits per heavy atom. The Morgan fingerprint density at radius 1 is 0.959 bits per heavy atom. The molecule has 0 bridgehead atoms. The number of amides is 1. The highest BCUT2D eigenvalue weighted by Crippen LogP contribution is 2.30. The Balaban J connectivity index is 0.928. The predicted octanol–water partition coefficient (Wildman–Crippen LogP) is 4.28. The first-order chi connectivity index (χ1) is 23.6. The lowest BCUT2D eigenvalue weighted by Crippen LogP contribution is -2.43. The van der Waals surface area contributed by atoms with Gasteiger partial charge in [0, 0.05) is 57.0 Å². The van der Waals surface area contributed by atoms with E-state index in [9.17, 15) is 23.4 Å². The minimum Gasteiger partial charge on any atom is -0.506 e. The number of sulfonamides is 1. The molecule has 260 valence electrons. The van der Waals surface area contributed by atoms with Crippen LogP contribution in [0.3, 0.4) is 0 Å². The molecule has 3 aromatic carbocycles. The largest absolute Gasteiger partial charge is 0.506 e. The number of nitrogens with zero attached hydrogens (tertiary/aromatic N) is 3. The van der Waals surface area contributed by atoms with Crippen molar-refractivity contribution in [2.24, 2.45) is 4.99 Å². The van der Waals surface area contributed by atoms with Crippen molar-refractivity contribution in [2.45, 2.75) is 50.4 Å². The molecular formula is C36H44N6O5S2. The van der Waals surface area contributed by atoms with E-state index in [1.807, 2.05) is 24.3 Å². The molecule has 0 saturated carbocycles. The molecule has 11 nitrogen and oxygen atoms in total. The van der Waals surface area contributed by atoms with Crippen molar-refractivity contribution in [1.82, 2.24) is 15.5 Å². The first kappa shape index (κ1) is 35.0. The first-order valence-corrected chi connectivity index (χ1v) is 19.4. The van der Waals surface area contributed by atoms with Crippen LogP contribution in [0, 0.1) is 0 Å². The van der Waals surface area contributed by atoms with E-state index >= 15 is 0 Å². The van der Waals surface area contributed by atoms with Gasteiger partial charge in [0.2, 0.25) is 10.0 Å². The number of nitrogens with one attached hydrogen (secondary N) is 3. The second kappa shape index (κ2) is 15.8. The molecule has 1 atom stereocenters. The molecule has 6 rings (SSSR count). The number of benzene rings is 3. The van der Waals surface area contributed by atoms with Crippen LogP contribution in [-0.4, -0.2) is 85.7 Å². The highest BCUT2D eigenvalue weighted by molar-refractivity contribution is 8.18. The number of aliphatic imine (C=N–C) groups is 1. The van der Waals surface area contributed by atoms with Crippen LogP contribution in [0.15, 0.2) is 82.7 Å². The van der Waals surface area contributed by atoms with Gasteiger partial charge in [-0.2, -0.15) is 4.99 Å². The Bertz CT molecular complexity index is 1770. The summed E-state index contributed by atoms with van der Waals surface area (Å²) in [6.45, 7) is 5.02. The minimum absolute atomic E-state index is 0.0414. The van der Waals surface area contributed by atoms with E-state index in [4.69, 9.17) is 0 Å². The zero-order chi connectivity index (χ0) is 34.4. The normalized spacial score (nSPS) is 19.6. The van der Waals surface area contributed by atoms with Crippen LogP contribution < -0.4 is 20.3 Å². The van der Waals surface area contributed by atoms with Gasteiger partial charge in [-0.1, -0.05) is 48.5 Å². The maximum Gasteiger partial charge on any atom is 0.286 e. The molecule has 0 aromatic heterocycles. The summed E-state index contributed by atoms with van der Waals surface area (Å²) >= 11 is 1.41. The number of amidine groups is 1. The Kier molecular flexibility index (Phi) is 11.3. The number of rotatable bonds is 11. The van der Waals surface area contributed by atoms with Crippen LogP contribution in [0.1, 0.15) is 48.5 Å². The number of carbonyl (C=O) groups is 1. The molecule has 13 heteroatoms. The monoisotopic (exact) mass is 704 g/mol. The Labute approximate surface area is 292 Å². The number of aromatic hydroxyl groups is 1. The van der Waals surface area contributed by atoms with E-state index in [1.165, 1.54) is 29.5 Å². The third-order valence-corrected chi connectivity index (χ3v) is 10.6. The number of hydrogen-bond acceptors (Lipinski definition) is 10. The Hall–Kier alpha value is -3.88. The molecule has 0 radical (unpaired) electrons. The Morgan fingerprint density at radius 3 is 2.35 bits per heavy atom. The van der Waals surface area contributed by atoms with Crippen LogP contribution >= 0.6 is 11.8 Å². The molecule has 2 saturated heterocycles. The van der Waals surface area contributed by atoms with E-state index in [-0.39, 0.29) is 23.4 Å². The summed E-state index contributed by atoms with van der Waals surface area (Å²) in [5.41, 5.74) is 3.97. The average molecular weight is 705 g/mol. The zero-order valence-electron chi connectivity index (χ0n) is 27.6. The molecule has 3 heterocycles. The lowest BCUT2D eigenvalue weighted by Gasteiger charge is -2.34. The van der Waals surface area contributed by atoms with Gasteiger partial charge in [-0.15, -0.1) is 0 Å². The smallest absolute Gasteiger partial charge is 0.286 e. The molecule has 49 heavy (non-hydrogen) atoms. The van der Waals surface area contributed by atoms with Gasteiger partial charge in [-0.3, -0.25) is 14.4 Å². The summed E-state index contributed by atoms with van der Waals surface area (Å²) in [5.74, 6) is -0.399. The molecule has 0 aliphatic carbocycles. The zero-order valence-corrected chi connectivity index (χ0v) is 29.2. The maximum atomic E-state index is 12.7. The number of phenolic OH excluding ortho intramolecular Hbond substituents is 1. The van der Waals surface area contributed by atoms with E-state index in [0.29, 0.717) is 28.2 Å². The number of hydrogen-bond donors (Lipinski definition) is 5. The number of aliphatic hydroxyl groups is 1. The lowest BCUT2D eigenvalue weighted by molar-refractivity contribution is -0.113. The fraction of sp³-hybridized carbons (Fsp3) is 0.389. The number of aliphatic hydroxyl groups excluding tert-OH is 1. The molecule has 3 aromatic rings. The van der Waals surface area contributed by atoms with Gasteiger partial charge in [0.05, 0.1) is 23.0 Å². The van der Waals surface area contributed by atoms with Gasteiger partial charge in [0.25, 0.3) is 5.91 Å². The van der Waals surface area contributed by atoms with Crippen molar-refractivity contribution in [3.05, 3.63) is 94.4 Å². The van der Waals surface area contributed by atoms with Crippen LogP contribution in [-0.2, 0) is 21.4 Å². The third kappa shape index (κ3) is 9.86. The number of carbonyl (C=O) groups excluding carboxylic acids is 1. The number of thioether (sulfide) groups is 1. The van der Waals surface area contributed by atoms with E-state index in [1.54, 1.807) is 6.07 Å². The summed E-state index contributed by atoms with van der Waals surface area (Å²) in [6.07, 6.45) is 5.90. The maximum absolute atomic E-state index is 12.7. The van der Waals surface area contributed by atoms with Gasteiger partial charge in [-0.25, -0.2) is 8.42 Å². The van der Waals surface area contributed by atoms with Crippen LogP contribution in [0.2, 0.25) is 0 Å². The molecule has 1 unspecified atom stereocenters. The average Bonchev–Trinajstić information content (AvgIpc) is 3.43. The van der Waals surface area contributed by atoms with Gasteiger partial charge in [0.1, 0.15) is 5.75 Å². The number of likely N-dealkylation sites (tertiary alicyclic amines) is 1. The van der Waals surface area contributed by atoms with Gasteiger partial charge >= 0.3 is 0 Å². The van der Waals surface area contributed by atoms with Gasteiger partial charge in [-0.05, 0) is 84.5 Å².